The van der Waals surface area contributed by atoms with Crippen molar-refractivity contribution >= 4 is 44.3 Å². The van der Waals surface area contributed by atoms with Gasteiger partial charge in [0.1, 0.15) is 5.00 Å². The van der Waals surface area contributed by atoms with E-state index in [1.165, 1.54) is 44.6 Å². The lowest BCUT2D eigenvalue weighted by Crippen LogP contribution is -2.40. The summed E-state index contributed by atoms with van der Waals surface area (Å²) in [5.74, 6) is -0.872. The average molecular weight is 602 g/mol. The number of carbonyl (C=O) groups is 3. The summed E-state index contributed by atoms with van der Waals surface area (Å²) in [4.78, 5) is 41.9. The normalized spacial score (nSPS) is 15.8. The number of aromatic nitrogens is 2. The van der Waals surface area contributed by atoms with Gasteiger partial charge in [-0.3, -0.25) is 9.59 Å². The van der Waals surface area contributed by atoms with Crippen LogP contribution >= 0.6 is 11.3 Å². The van der Waals surface area contributed by atoms with Crippen LogP contribution in [0.3, 0.4) is 0 Å². The van der Waals surface area contributed by atoms with Gasteiger partial charge in [0.25, 0.3) is 11.8 Å². The molecule has 0 bridgehead atoms. The zero-order valence-corrected chi connectivity index (χ0v) is 24.6. The first-order valence-electron chi connectivity index (χ1n) is 13.2. The summed E-state index contributed by atoms with van der Waals surface area (Å²) < 4.78 is 39.0. The van der Waals surface area contributed by atoms with Crippen LogP contribution in [-0.4, -0.2) is 84.8 Å². The predicted molar refractivity (Wildman–Crippen MR) is 151 cm³/mol. The average Bonchev–Trinajstić information content (AvgIpc) is 3.50. The molecule has 14 heteroatoms. The van der Waals surface area contributed by atoms with Crippen molar-refractivity contribution in [2.24, 2.45) is 0 Å². The fourth-order valence-corrected chi connectivity index (χ4v) is 7.58. The third kappa shape index (κ3) is 5.77. The van der Waals surface area contributed by atoms with E-state index in [0.29, 0.717) is 48.1 Å². The van der Waals surface area contributed by atoms with Crippen molar-refractivity contribution < 1.29 is 32.3 Å². The van der Waals surface area contributed by atoms with Crippen LogP contribution in [0.25, 0.3) is 0 Å². The van der Waals surface area contributed by atoms with Crippen molar-refractivity contribution in [2.75, 3.05) is 44.8 Å². The Morgan fingerprint density at radius 1 is 1.10 bits per heavy atom. The number of fused-ring (bicyclic) bond motifs is 1. The van der Waals surface area contributed by atoms with Crippen LogP contribution in [0.5, 0.6) is 0 Å². The highest BCUT2D eigenvalue weighted by atomic mass is 32.2. The van der Waals surface area contributed by atoms with Gasteiger partial charge in [-0.25, -0.2) is 17.9 Å². The van der Waals surface area contributed by atoms with E-state index < -0.39 is 22.0 Å². The number of amides is 2. The molecule has 0 spiro atoms. The number of carbonyl (C=O) groups excluding carboxylic acids is 3. The smallest absolute Gasteiger partial charge is 0.410 e. The molecule has 12 nitrogen and oxygen atoms in total. The highest BCUT2D eigenvalue weighted by molar-refractivity contribution is 7.89. The number of anilines is 1. The Morgan fingerprint density at radius 3 is 2.44 bits per heavy atom. The lowest BCUT2D eigenvalue weighted by atomic mass is 10.0. The van der Waals surface area contributed by atoms with Gasteiger partial charge in [-0.1, -0.05) is 0 Å². The molecule has 0 atom stereocenters. The molecule has 4 heterocycles. The number of hydrogen-bond acceptors (Lipinski definition) is 9. The molecular formula is C27H31N5O7S2. The van der Waals surface area contributed by atoms with Crippen molar-refractivity contribution in [1.29, 1.82) is 0 Å². The van der Waals surface area contributed by atoms with Crippen LogP contribution in [0.2, 0.25) is 0 Å². The maximum Gasteiger partial charge on any atom is 0.410 e. The number of aryl methyl sites for hydroxylation is 2. The Hall–Kier alpha value is -3.59. The molecule has 218 valence electrons. The molecule has 1 saturated heterocycles. The Labute approximate surface area is 241 Å². The SMILES string of the molecule is CCOC(=O)N1CCc2c(sc(NC(=O)c3ccc(S(=O)(=O)N4CCOCC4)cc3)c2C(=O)n2nc(C)cc2C)C1. The number of morpholine rings is 1. The van der Waals surface area contributed by atoms with Crippen molar-refractivity contribution in [3.63, 3.8) is 0 Å². The molecule has 2 aliphatic heterocycles. The van der Waals surface area contributed by atoms with E-state index in [9.17, 15) is 22.8 Å². The number of thiophene rings is 1. The van der Waals surface area contributed by atoms with Crippen LogP contribution in [-0.2, 0) is 32.5 Å². The van der Waals surface area contributed by atoms with Crippen LogP contribution in [0, 0.1) is 13.8 Å². The first kappa shape index (κ1) is 28.9. The van der Waals surface area contributed by atoms with E-state index in [-0.39, 0.29) is 42.6 Å². The molecule has 41 heavy (non-hydrogen) atoms. The van der Waals surface area contributed by atoms with Gasteiger partial charge in [-0.05, 0) is 63.1 Å². The standard InChI is InChI=1S/C27H31N5O7S2/c1-4-39-27(35)30-10-9-21-22(16-30)40-25(23(21)26(34)32-18(3)15-17(2)29-32)28-24(33)19-5-7-20(8-6-19)41(36,37)31-11-13-38-14-12-31/h5-8,15H,4,9-14,16H2,1-3H3,(H,28,33). The van der Waals surface area contributed by atoms with Crippen LogP contribution in [0.15, 0.2) is 35.2 Å². The molecule has 2 amide bonds. The zero-order valence-electron chi connectivity index (χ0n) is 23.0. The minimum absolute atomic E-state index is 0.0852. The lowest BCUT2D eigenvalue weighted by molar-refractivity contribution is 0.0730. The third-order valence-corrected chi connectivity index (χ3v) is 10.00. The maximum absolute atomic E-state index is 13.7. The number of rotatable bonds is 6. The minimum atomic E-state index is -3.71. The highest BCUT2D eigenvalue weighted by Gasteiger charge is 2.32. The van der Waals surface area contributed by atoms with E-state index in [2.05, 4.69) is 10.4 Å². The summed E-state index contributed by atoms with van der Waals surface area (Å²) in [5, 5.41) is 7.54. The Balaban J connectivity index is 1.43. The number of hydrogen-bond donors (Lipinski definition) is 1. The topological polar surface area (TPSA) is 140 Å². The van der Waals surface area contributed by atoms with E-state index in [1.807, 2.05) is 0 Å². The lowest BCUT2D eigenvalue weighted by Gasteiger charge is -2.26. The highest BCUT2D eigenvalue weighted by Crippen LogP contribution is 2.38. The van der Waals surface area contributed by atoms with E-state index >= 15 is 0 Å². The fraction of sp³-hybridized carbons (Fsp3) is 0.407. The molecule has 0 aliphatic carbocycles. The molecule has 0 unspecified atom stereocenters. The van der Waals surface area contributed by atoms with Crippen molar-refractivity contribution in [3.8, 4) is 0 Å². The second-order valence-corrected chi connectivity index (χ2v) is 12.8. The van der Waals surface area contributed by atoms with Gasteiger partial charge >= 0.3 is 6.09 Å². The summed E-state index contributed by atoms with van der Waals surface area (Å²) in [7, 11) is -3.71. The molecule has 2 aliphatic rings. The van der Waals surface area contributed by atoms with E-state index in [0.717, 1.165) is 10.4 Å². The number of ether oxygens (including phenoxy) is 2. The summed E-state index contributed by atoms with van der Waals surface area (Å²) in [6.07, 6.45) is -0.0229. The Bertz CT molecular complexity index is 1590. The fourth-order valence-electron chi connectivity index (χ4n) is 4.92. The quantitative estimate of drug-likeness (QED) is 0.455. The first-order chi connectivity index (χ1) is 19.6. The largest absolute Gasteiger partial charge is 0.450 e. The molecule has 1 N–H and O–H groups in total. The number of sulfonamides is 1. The van der Waals surface area contributed by atoms with Gasteiger partial charge in [-0.2, -0.15) is 9.40 Å². The second-order valence-electron chi connectivity index (χ2n) is 9.72. The van der Waals surface area contributed by atoms with Gasteiger partial charge < -0.3 is 19.7 Å². The van der Waals surface area contributed by atoms with E-state index in [1.54, 1.807) is 31.7 Å². The Morgan fingerprint density at radius 2 is 1.80 bits per heavy atom. The predicted octanol–water partition coefficient (Wildman–Crippen LogP) is 3.04. The molecule has 3 aromatic rings. The van der Waals surface area contributed by atoms with Gasteiger partial charge in [-0.15, -0.1) is 11.3 Å². The summed E-state index contributed by atoms with van der Waals surface area (Å²) in [6, 6.07) is 7.49. The minimum Gasteiger partial charge on any atom is -0.450 e. The monoisotopic (exact) mass is 601 g/mol. The van der Waals surface area contributed by atoms with Crippen molar-refractivity contribution in [1.82, 2.24) is 19.0 Å². The Kier molecular flexibility index (Phi) is 8.27. The van der Waals surface area contributed by atoms with E-state index in [4.69, 9.17) is 9.47 Å². The molecular weight excluding hydrogens is 570 g/mol. The third-order valence-electron chi connectivity index (χ3n) is 6.95. The summed E-state index contributed by atoms with van der Waals surface area (Å²) in [6.45, 7) is 7.39. The molecule has 2 aromatic heterocycles. The number of benzene rings is 1. The van der Waals surface area contributed by atoms with Gasteiger partial charge in [0, 0.05) is 35.8 Å². The summed E-state index contributed by atoms with van der Waals surface area (Å²) in [5.41, 5.74) is 2.67. The second kappa shape index (κ2) is 11.7. The molecule has 1 aromatic carbocycles. The zero-order chi connectivity index (χ0) is 29.3. The first-order valence-corrected chi connectivity index (χ1v) is 15.5. The molecule has 1 fully saturated rings. The molecule has 0 saturated carbocycles. The molecule has 0 radical (unpaired) electrons. The van der Waals surface area contributed by atoms with Crippen molar-refractivity contribution in [2.45, 2.75) is 38.6 Å². The molecule has 5 rings (SSSR count). The van der Waals surface area contributed by atoms with Crippen LogP contribution in [0.1, 0.15) is 49.5 Å². The van der Waals surface area contributed by atoms with Crippen molar-refractivity contribution in [3.05, 3.63) is 63.3 Å². The van der Waals surface area contributed by atoms with Gasteiger partial charge in [0.05, 0.1) is 42.5 Å². The van der Waals surface area contributed by atoms with Gasteiger partial charge in [0.2, 0.25) is 10.0 Å². The van der Waals surface area contributed by atoms with Crippen LogP contribution < -0.4 is 5.32 Å². The summed E-state index contributed by atoms with van der Waals surface area (Å²) >= 11 is 1.23. The maximum atomic E-state index is 13.7. The van der Waals surface area contributed by atoms with Gasteiger partial charge in [0.15, 0.2) is 0 Å². The van der Waals surface area contributed by atoms with Crippen LogP contribution in [0.4, 0.5) is 9.80 Å². The number of nitrogens with one attached hydrogen (secondary N) is 1. The number of nitrogens with zero attached hydrogens (tertiary/aromatic N) is 4.